The molecule has 0 radical (unpaired) electrons. The van der Waals surface area contributed by atoms with Crippen LogP contribution < -0.4 is 26.2 Å². The standard InChI is InChI=1S/C28H37N9O5/c1-39-17-15-36-28(38)34(27-31-26-25(37(27)36)24(30-20-35(26)29)23-4-3-16-42-23)14-11-32-9-12-33(13-10-32)21-5-7-22(8-6-21)41-19-18-40-2/h3-8,16H,9-15,17-20,29H2,1-2H3. The zero-order valence-corrected chi connectivity index (χ0v) is 24.0. The minimum absolute atomic E-state index is 0.156. The van der Waals surface area contributed by atoms with E-state index in [0.717, 1.165) is 31.9 Å². The molecule has 0 unspecified atom stereocenters. The van der Waals surface area contributed by atoms with Gasteiger partial charge in [0.1, 0.15) is 30.4 Å². The SMILES string of the molecule is COCCOc1ccc(N2CCN(CCn3c(=O)n(CCOC)n4c5c(nc34)N(N)CN=C5c3ccco3)CC2)cc1. The first-order valence-corrected chi connectivity index (χ1v) is 14.1. The quantitative estimate of drug-likeness (QED) is 0.190. The van der Waals surface area contributed by atoms with E-state index in [0.29, 0.717) is 68.2 Å². The summed E-state index contributed by atoms with van der Waals surface area (Å²) >= 11 is 0. The van der Waals surface area contributed by atoms with E-state index in [1.807, 2.05) is 18.2 Å². The van der Waals surface area contributed by atoms with Crippen molar-refractivity contribution in [1.82, 2.24) is 23.6 Å². The van der Waals surface area contributed by atoms with Gasteiger partial charge in [-0.25, -0.2) is 19.8 Å². The third-order valence-electron chi connectivity index (χ3n) is 7.66. The molecule has 42 heavy (non-hydrogen) atoms. The molecule has 14 heteroatoms. The smallest absolute Gasteiger partial charge is 0.346 e. The van der Waals surface area contributed by atoms with Crippen molar-refractivity contribution in [2.45, 2.75) is 13.1 Å². The van der Waals surface area contributed by atoms with Crippen molar-refractivity contribution in [1.29, 1.82) is 0 Å². The van der Waals surface area contributed by atoms with Gasteiger partial charge in [-0.2, -0.15) is 4.98 Å². The highest BCUT2D eigenvalue weighted by atomic mass is 16.5. The van der Waals surface area contributed by atoms with Gasteiger partial charge < -0.3 is 23.5 Å². The van der Waals surface area contributed by atoms with Crippen molar-refractivity contribution in [3.8, 4) is 5.75 Å². The van der Waals surface area contributed by atoms with Gasteiger partial charge in [0.15, 0.2) is 11.6 Å². The van der Waals surface area contributed by atoms with Crippen molar-refractivity contribution in [2.75, 3.05) is 83.3 Å². The molecule has 2 N–H and O–H groups in total. The molecule has 14 nitrogen and oxygen atoms in total. The number of anilines is 2. The first-order valence-electron chi connectivity index (χ1n) is 14.1. The van der Waals surface area contributed by atoms with Crippen LogP contribution in [0.3, 0.4) is 0 Å². The molecule has 0 atom stereocenters. The monoisotopic (exact) mass is 579 g/mol. The first-order chi connectivity index (χ1) is 20.6. The highest BCUT2D eigenvalue weighted by Crippen LogP contribution is 2.27. The Hall–Kier alpha value is -4.11. The molecule has 0 aliphatic carbocycles. The van der Waals surface area contributed by atoms with Crippen LogP contribution in [0.15, 0.2) is 56.9 Å². The molecule has 224 valence electrons. The Bertz CT molecular complexity index is 1560. The van der Waals surface area contributed by atoms with E-state index in [9.17, 15) is 4.79 Å². The maximum Gasteiger partial charge on any atom is 0.346 e. The van der Waals surface area contributed by atoms with Crippen LogP contribution in [-0.2, 0) is 22.6 Å². The van der Waals surface area contributed by atoms with Crippen LogP contribution in [0.25, 0.3) is 5.78 Å². The normalized spacial score (nSPS) is 15.8. The topological polar surface area (TPSA) is 133 Å². The van der Waals surface area contributed by atoms with Gasteiger partial charge in [0.25, 0.3) is 0 Å². The second kappa shape index (κ2) is 12.4. The number of hydrogen-bond acceptors (Lipinski definition) is 11. The number of nitrogens with zero attached hydrogens (tertiary/aromatic N) is 8. The fourth-order valence-corrected chi connectivity index (χ4v) is 5.44. The van der Waals surface area contributed by atoms with E-state index >= 15 is 0 Å². The number of hydrazine groups is 1. The highest BCUT2D eigenvalue weighted by molar-refractivity contribution is 6.14. The number of aromatic nitrogens is 4. The number of ether oxygens (including phenoxy) is 3. The third kappa shape index (κ3) is 5.41. The van der Waals surface area contributed by atoms with Crippen LogP contribution in [0.5, 0.6) is 5.75 Å². The Labute approximate surface area is 243 Å². The zero-order valence-electron chi connectivity index (χ0n) is 24.0. The molecule has 0 saturated carbocycles. The van der Waals surface area contributed by atoms with Gasteiger partial charge in [0, 0.05) is 59.2 Å². The summed E-state index contributed by atoms with van der Waals surface area (Å²) in [5, 5.41) is 1.49. The average molecular weight is 580 g/mol. The number of nitrogens with two attached hydrogens (primary N) is 1. The van der Waals surface area contributed by atoms with Crippen LogP contribution >= 0.6 is 0 Å². The van der Waals surface area contributed by atoms with E-state index in [4.69, 9.17) is 29.5 Å². The van der Waals surface area contributed by atoms with Crippen LogP contribution in [0.1, 0.15) is 11.5 Å². The molecule has 3 aromatic heterocycles. The van der Waals surface area contributed by atoms with Crippen LogP contribution in [0.4, 0.5) is 11.5 Å². The number of methoxy groups -OCH3 is 2. The van der Waals surface area contributed by atoms with E-state index in [-0.39, 0.29) is 12.4 Å². The Kier molecular flexibility index (Phi) is 8.28. The van der Waals surface area contributed by atoms with Gasteiger partial charge in [-0.1, -0.05) is 0 Å². The summed E-state index contributed by atoms with van der Waals surface area (Å²) < 4.78 is 26.9. The Morgan fingerprint density at radius 2 is 1.74 bits per heavy atom. The van der Waals surface area contributed by atoms with Crippen molar-refractivity contribution >= 4 is 23.0 Å². The van der Waals surface area contributed by atoms with E-state index in [2.05, 4.69) is 26.9 Å². The molecule has 0 amide bonds. The highest BCUT2D eigenvalue weighted by Gasteiger charge is 2.32. The minimum atomic E-state index is -0.156. The molecule has 2 aliphatic heterocycles. The molecular weight excluding hydrogens is 542 g/mol. The summed E-state index contributed by atoms with van der Waals surface area (Å²) in [6, 6.07) is 11.8. The number of aliphatic imine (C=N–C) groups is 1. The molecule has 0 spiro atoms. The summed E-state index contributed by atoms with van der Waals surface area (Å²) in [5.74, 6) is 8.78. The number of hydrogen-bond donors (Lipinski definition) is 1. The number of imidazole rings is 1. The van der Waals surface area contributed by atoms with Gasteiger partial charge in [-0.3, -0.25) is 19.5 Å². The molecule has 4 aromatic rings. The van der Waals surface area contributed by atoms with Gasteiger partial charge in [0.05, 0.1) is 26.0 Å². The van der Waals surface area contributed by atoms with Gasteiger partial charge in [0.2, 0.25) is 5.78 Å². The maximum absolute atomic E-state index is 13.7. The third-order valence-corrected chi connectivity index (χ3v) is 7.66. The van der Waals surface area contributed by atoms with Gasteiger partial charge in [-0.15, -0.1) is 0 Å². The summed E-state index contributed by atoms with van der Waals surface area (Å²) in [6.45, 7) is 6.82. The summed E-state index contributed by atoms with van der Waals surface area (Å²) in [7, 11) is 3.28. The molecular formula is C28H37N9O5. The molecule has 0 bridgehead atoms. The van der Waals surface area contributed by atoms with E-state index in [1.54, 1.807) is 40.3 Å². The molecule has 6 rings (SSSR count). The molecule has 1 aromatic carbocycles. The average Bonchev–Trinajstić information content (AvgIpc) is 3.74. The van der Waals surface area contributed by atoms with Crippen molar-refractivity contribution in [2.24, 2.45) is 10.8 Å². The van der Waals surface area contributed by atoms with Crippen molar-refractivity contribution in [3.63, 3.8) is 0 Å². The number of benzene rings is 1. The molecule has 5 heterocycles. The van der Waals surface area contributed by atoms with Crippen LogP contribution in [0.2, 0.25) is 0 Å². The molecule has 1 saturated heterocycles. The second-order valence-corrected chi connectivity index (χ2v) is 10.2. The molecule has 2 aliphatic rings. The Morgan fingerprint density at radius 1 is 0.952 bits per heavy atom. The van der Waals surface area contributed by atoms with E-state index < -0.39 is 0 Å². The minimum Gasteiger partial charge on any atom is -0.491 e. The fourth-order valence-electron chi connectivity index (χ4n) is 5.44. The molecule has 1 fully saturated rings. The first kappa shape index (κ1) is 28.0. The number of furan rings is 1. The predicted octanol–water partition coefficient (Wildman–Crippen LogP) is 0.873. The largest absolute Gasteiger partial charge is 0.491 e. The maximum atomic E-state index is 13.7. The Morgan fingerprint density at radius 3 is 2.45 bits per heavy atom. The summed E-state index contributed by atoms with van der Waals surface area (Å²) in [4.78, 5) is 27.9. The lowest BCUT2D eigenvalue weighted by atomic mass is 10.2. The van der Waals surface area contributed by atoms with Crippen LogP contribution in [0, 0.1) is 0 Å². The van der Waals surface area contributed by atoms with E-state index in [1.165, 1.54) is 10.7 Å². The lowest BCUT2D eigenvalue weighted by molar-refractivity contribution is 0.146. The number of rotatable bonds is 12. The van der Waals surface area contributed by atoms with Gasteiger partial charge in [-0.05, 0) is 36.4 Å². The predicted molar refractivity (Wildman–Crippen MR) is 158 cm³/mol. The van der Waals surface area contributed by atoms with Crippen molar-refractivity contribution in [3.05, 3.63) is 64.6 Å². The Balaban J connectivity index is 1.18. The number of fused-ring (bicyclic) bond motifs is 3. The lowest BCUT2D eigenvalue weighted by Gasteiger charge is -2.36. The zero-order chi connectivity index (χ0) is 29.1. The summed E-state index contributed by atoms with van der Waals surface area (Å²) in [5.41, 5.74) is 2.25. The van der Waals surface area contributed by atoms with Gasteiger partial charge >= 0.3 is 5.69 Å². The fraction of sp³-hybridized carbons (Fsp3) is 0.464. The lowest BCUT2D eigenvalue weighted by Crippen LogP contribution is -2.47. The van der Waals surface area contributed by atoms with Crippen molar-refractivity contribution < 1.29 is 18.6 Å². The summed E-state index contributed by atoms with van der Waals surface area (Å²) in [6.07, 6.45) is 1.60. The van der Waals surface area contributed by atoms with Crippen LogP contribution in [-0.4, -0.2) is 103 Å². The second-order valence-electron chi connectivity index (χ2n) is 10.2. The number of piperazine rings is 1.